The van der Waals surface area contributed by atoms with Crippen LogP contribution in [0.2, 0.25) is 0 Å². The first-order valence-corrected chi connectivity index (χ1v) is 14.9. The van der Waals surface area contributed by atoms with Gasteiger partial charge in [-0.2, -0.15) is 12.6 Å². The Kier molecular flexibility index (Phi) is 9.60. The number of ether oxygens (including phenoxy) is 3. The number of fused-ring (bicyclic) bond motifs is 1. The number of hydrogen-bond donors (Lipinski definition) is 1. The van der Waals surface area contributed by atoms with Crippen molar-refractivity contribution in [3.63, 3.8) is 0 Å². The number of unbranched alkanes of at least 4 members (excludes halogenated alkanes) is 2. The Morgan fingerprint density at radius 2 is 1.56 bits per heavy atom. The Balaban J connectivity index is 1.27. The molecule has 5 rings (SSSR count). The number of aromatic nitrogens is 1. The van der Waals surface area contributed by atoms with Crippen LogP contribution >= 0.6 is 12.6 Å². The van der Waals surface area contributed by atoms with Gasteiger partial charge in [0.25, 0.3) is 0 Å². The molecule has 1 aliphatic carbocycles. The highest BCUT2D eigenvalue weighted by Gasteiger charge is 2.54. The lowest BCUT2D eigenvalue weighted by Gasteiger charge is -2.15. The monoisotopic (exact) mass is 605 g/mol. The molecule has 0 unspecified atom stereocenters. The number of ketones is 2. The SMILES string of the molecule is COc1cc2c(Oc3ccc(CC(=O)C4(C(=O)Cc5ccc(F)cc5)CC4)cc3F)ccnc2cc1OCCCCCS. The second kappa shape index (κ2) is 13.5. The maximum Gasteiger partial charge on any atom is 0.166 e. The molecule has 9 heteroatoms. The van der Waals surface area contributed by atoms with E-state index in [2.05, 4.69) is 17.6 Å². The molecule has 3 aromatic carbocycles. The zero-order valence-corrected chi connectivity index (χ0v) is 24.8. The largest absolute Gasteiger partial charge is 0.493 e. The van der Waals surface area contributed by atoms with E-state index in [9.17, 15) is 14.0 Å². The molecular formula is C34H33F2NO5S. The lowest BCUT2D eigenvalue weighted by Crippen LogP contribution is -2.28. The van der Waals surface area contributed by atoms with Crippen molar-refractivity contribution in [2.75, 3.05) is 19.5 Å². The highest BCUT2D eigenvalue weighted by atomic mass is 32.1. The molecule has 4 aromatic rings. The molecule has 0 spiro atoms. The van der Waals surface area contributed by atoms with Gasteiger partial charge in [-0.05, 0) is 85.4 Å². The standard InChI is InChI=1S/C34H33F2NO5S/c1-40-30-20-25-27(21-31(30)41-15-3-2-4-16-43)37-14-11-28(25)42-29-10-7-23(17-26(29)36)19-33(39)34(12-13-34)32(38)18-22-5-8-24(35)9-6-22/h5-11,14,17,20-21,43H,2-4,12-13,15-16,18-19H2,1H3. The minimum absolute atomic E-state index is 0.0132. The molecule has 1 fully saturated rings. The van der Waals surface area contributed by atoms with E-state index in [0.717, 1.165) is 25.0 Å². The van der Waals surface area contributed by atoms with Crippen LogP contribution in [0.4, 0.5) is 8.78 Å². The van der Waals surface area contributed by atoms with E-state index in [1.165, 1.54) is 24.3 Å². The summed E-state index contributed by atoms with van der Waals surface area (Å²) in [6.45, 7) is 0.537. The summed E-state index contributed by atoms with van der Waals surface area (Å²) in [4.78, 5) is 30.5. The molecule has 6 nitrogen and oxygen atoms in total. The Labute approximate surface area is 254 Å². The van der Waals surface area contributed by atoms with E-state index in [-0.39, 0.29) is 36.0 Å². The highest BCUT2D eigenvalue weighted by Crippen LogP contribution is 2.49. The average Bonchev–Trinajstić information content (AvgIpc) is 3.82. The van der Waals surface area contributed by atoms with Gasteiger partial charge in [-0.25, -0.2) is 8.78 Å². The number of rotatable bonds is 15. The van der Waals surface area contributed by atoms with Crippen LogP contribution in [0.15, 0.2) is 66.9 Å². The molecule has 0 saturated heterocycles. The van der Waals surface area contributed by atoms with Crippen LogP contribution in [0.25, 0.3) is 10.9 Å². The lowest BCUT2D eigenvalue weighted by atomic mass is 9.88. The summed E-state index contributed by atoms with van der Waals surface area (Å²) in [5, 5.41) is 0.621. The Morgan fingerprint density at radius 3 is 2.23 bits per heavy atom. The molecule has 43 heavy (non-hydrogen) atoms. The van der Waals surface area contributed by atoms with Crippen molar-refractivity contribution in [1.82, 2.24) is 4.98 Å². The van der Waals surface area contributed by atoms with Crippen molar-refractivity contribution < 1.29 is 32.6 Å². The van der Waals surface area contributed by atoms with Gasteiger partial charge in [0.15, 0.2) is 34.6 Å². The maximum atomic E-state index is 15.2. The van der Waals surface area contributed by atoms with E-state index < -0.39 is 11.2 Å². The second-order valence-electron chi connectivity index (χ2n) is 10.7. The quantitative estimate of drug-likeness (QED) is 0.0860. The maximum absolute atomic E-state index is 15.2. The summed E-state index contributed by atoms with van der Waals surface area (Å²) in [5.74, 6) is 0.847. The number of halogens is 2. The van der Waals surface area contributed by atoms with Crippen molar-refractivity contribution in [2.24, 2.45) is 5.41 Å². The van der Waals surface area contributed by atoms with Gasteiger partial charge in [0.1, 0.15) is 11.6 Å². The number of thiol groups is 1. The topological polar surface area (TPSA) is 74.7 Å². The number of carbonyl (C=O) groups excluding carboxylic acids is 2. The predicted octanol–water partition coefficient (Wildman–Crippen LogP) is 7.50. The predicted molar refractivity (Wildman–Crippen MR) is 163 cm³/mol. The Bertz CT molecular complexity index is 1620. The number of hydrogen-bond acceptors (Lipinski definition) is 7. The highest BCUT2D eigenvalue weighted by molar-refractivity contribution is 7.80. The van der Waals surface area contributed by atoms with Crippen molar-refractivity contribution in [1.29, 1.82) is 0 Å². The first-order valence-electron chi connectivity index (χ1n) is 14.3. The van der Waals surface area contributed by atoms with E-state index in [1.807, 2.05) is 0 Å². The molecule has 0 amide bonds. The zero-order valence-electron chi connectivity index (χ0n) is 23.9. The van der Waals surface area contributed by atoms with E-state index in [4.69, 9.17) is 14.2 Å². The number of Topliss-reactive ketones (excluding diaryl/α,β-unsaturated/α-hetero) is 2. The van der Waals surface area contributed by atoms with Crippen LogP contribution in [0.1, 0.15) is 43.2 Å². The van der Waals surface area contributed by atoms with Gasteiger partial charge in [0.2, 0.25) is 0 Å². The third kappa shape index (κ3) is 7.16. The second-order valence-corrected chi connectivity index (χ2v) is 11.2. The number of pyridine rings is 1. The molecule has 1 aromatic heterocycles. The van der Waals surface area contributed by atoms with Gasteiger partial charge < -0.3 is 14.2 Å². The number of methoxy groups -OCH3 is 1. The minimum Gasteiger partial charge on any atom is -0.493 e. The van der Waals surface area contributed by atoms with E-state index in [0.29, 0.717) is 58.7 Å². The number of carbonyl (C=O) groups is 2. The molecular weight excluding hydrogens is 572 g/mol. The van der Waals surface area contributed by atoms with Gasteiger partial charge in [0, 0.05) is 30.5 Å². The molecule has 1 saturated carbocycles. The molecule has 224 valence electrons. The van der Waals surface area contributed by atoms with Gasteiger partial charge >= 0.3 is 0 Å². The third-order valence-corrected chi connectivity index (χ3v) is 8.04. The smallest absolute Gasteiger partial charge is 0.166 e. The molecule has 0 bridgehead atoms. The molecule has 0 atom stereocenters. The van der Waals surface area contributed by atoms with Crippen molar-refractivity contribution in [3.8, 4) is 23.0 Å². The lowest BCUT2D eigenvalue weighted by molar-refractivity contribution is -0.133. The van der Waals surface area contributed by atoms with Crippen LogP contribution < -0.4 is 14.2 Å². The fourth-order valence-corrected chi connectivity index (χ4v) is 5.29. The normalized spacial score (nSPS) is 13.5. The summed E-state index contributed by atoms with van der Waals surface area (Å²) < 4.78 is 45.8. The first kappa shape index (κ1) is 30.5. The molecule has 1 heterocycles. The van der Waals surface area contributed by atoms with Crippen molar-refractivity contribution in [2.45, 2.75) is 44.9 Å². The van der Waals surface area contributed by atoms with Crippen LogP contribution in [0, 0.1) is 17.0 Å². The van der Waals surface area contributed by atoms with E-state index >= 15 is 4.39 Å². The van der Waals surface area contributed by atoms with Gasteiger partial charge in [-0.3, -0.25) is 14.6 Å². The number of benzene rings is 3. The summed E-state index contributed by atoms with van der Waals surface area (Å²) >= 11 is 4.23. The summed E-state index contributed by atoms with van der Waals surface area (Å²) in [6, 6.07) is 15.2. The van der Waals surface area contributed by atoms with Crippen molar-refractivity contribution >= 4 is 35.1 Å². The van der Waals surface area contributed by atoms with Crippen LogP contribution in [0.5, 0.6) is 23.0 Å². The Hall–Kier alpha value is -3.98. The average molecular weight is 606 g/mol. The van der Waals surface area contributed by atoms with Crippen LogP contribution in [-0.2, 0) is 22.4 Å². The molecule has 0 aliphatic heterocycles. The van der Waals surface area contributed by atoms with Crippen LogP contribution in [0.3, 0.4) is 0 Å². The Morgan fingerprint density at radius 1 is 0.837 bits per heavy atom. The summed E-state index contributed by atoms with van der Waals surface area (Å²) in [7, 11) is 1.55. The molecule has 0 N–H and O–H groups in total. The zero-order chi connectivity index (χ0) is 30.4. The van der Waals surface area contributed by atoms with Gasteiger partial charge in [0.05, 0.1) is 24.6 Å². The summed E-state index contributed by atoms with van der Waals surface area (Å²) in [6.07, 6.45) is 5.44. The fourth-order valence-electron chi connectivity index (χ4n) is 5.07. The molecule has 1 aliphatic rings. The fraction of sp³-hybridized carbons (Fsp3) is 0.324. The van der Waals surface area contributed by atoms with E-state index in [1.54, 1.807) is 49.7 Å². The molecule has 0 radical (unpaired) electrons. The van der Waals surface area contributed by atoms with Crippen molar-refractivity contribution in [3.05, 3.63) is 89.6 Å². The van der Waals surface area contributed by atoms with Gasteiger partial charge in [-0.15, -0.1) is 0 Å². The third-order valence-electron chi connectivity index (χ3n) is 7.72. The first-order chi connectivity index (χ1) is 20.8. The summed E-state index contributed by atoms with van der Waals surface area (Å²) in [5.41, 5.74) is 0.659. The van der Waals surface area contributed by atoms with Gasteiger partial charge in [-0.1, -0.05) is 18.2 Å². The number of nitrogens with zero attached hydrogens (tertiary/aromatic N) is 1. The minimum atomic E-state index is -1.05. The van der Waals surface area contributed by atoms with Crippen LogP contribution in [-0.4, -0.2) is 36.0 Å².